The number of methoxy groups -OCH3 is 2. The lowest BCUT2D eigenvalue weighted by atomic mass is 10.1. The second-order valence-corrected chi connectivity index (χ2v) is 3.25. The summed E-state index contributed by atoms with van der Waals surface area (Å²) in [6.45, 7) is 0. The van der Waals surface area contributed by atoms with Crippen LogP contribution in [0, 0.1) is 5.82 Å². The molecule has 0 aliphatic carbocycles. The van der Waals surface area contributed by atoms with Crippen LogP contribution in [0.25, 0.3) is 0 Å². The maximum atomic E-state index is 13.4. The van der Waals surface area contributed by atoms with Crippen LogP contribution in [-0.4, -0.2) is 20.4 Å². The Hall–Kier alpha value is -1.21. The zero-order chi connectivity index (χ0) is 13.2. The van der Waals surface area contributed by atoms with Gasteiger partial charge >= 0.3 is 6.18 Å². The Balaban J connectivity index is 0.00000289. The third kappa shape index (κ3) is 3.39. The Morgan fingerprint density at radius 1 is 1.11 bits per heavy atom. The second kappa shape index (κ2) is 6.10. The normalized spacial score (nSPS) is 12.6. The molecule has 18 heavy (non-hydrogen) atoms. The molecule has 2 N–H and O–H groups in total. The topological polar surface area (TPSA) is 44.5 Å². The van der Waals surface area contributed by atoms with Crippen LogP contribution in [0.3, 0.4) is 0 Å². The van der Waals surface area contributed by atoms with Crippen molar-refractivity contribution in [1.29, 1.82) is 0 Å². The zero-order valence-electron chi connectivity index (χ0n) is 9.55. The van der Waals surface area contributed by atoms with Gasteiger partial charge in [-0.2, -0.15) is 13.2 Å². The molecule has 0 saturated heterocycles. The standard InChI is InChI=1S/C10H11F4NO2.ClH/c1-16-7-3-5(9(15)10(12,13)14)6(11)4-8(7)17-2;/h3-4,9H,15H2,1-2H3;1H/t9-;/m1./s1. The fourth-order valence-electron chi connectivity index (χ4n) is 1.28. The summed E-state index contributed by atoms with van der Waals surface area (Å²) in [7, 11) is 2.49. The van der Waals surface area contributed by atoms with E-state index in [1.54, 1.807) is 0 Å². The summed E-state index contributed by atoms with van der Waals surface area (Å²) < 4.78 is 60.1. The van der Waals surface area contributed by atoms with Crippen molar-refractivity contribution in [2.75, 3.05) is 14.2 Å². The molecule has 1 atom stereocenters. The SMILES string of the molecule is COc1cc(F)c([C@@H](N)C(F)(F)F)cc1OC.Cl. The second-order valence-electron chi connectivity index (χ2n) is 3.25. The fraction of sp³-hybridized carbons (Fsp3) is 0.400. The average Bonchev–Trinajstić information content (AvgIpc) is 2.26. The van der Waals surface area contributed by atoms with Crippen molar-refractivity contribution in [2.45, 2.75) is 12.2 Å². The van der Waals surface area contributed by atoms with Crippen LogP contribution in [0.2, 0.25) is 0 Å². The van der Waals surface area contributed by atoms with Crippen LogP contribution >= 0.6 is 12.4 Å². The summed E-state index contributed by atoms with van der Waals surface area (Å²) in [6.07, 6.45) is -4.72. The van der Waals surface area contributed by atoms with Crippen LogP contribution < -0.4 is 15.2 Å². The summed E-state index contributed by atoms with van der Waals surface area (Å²) >= 11 is 0. The predicted molar refractivity (Wildman–Crippen MR) is 59.7 cm³/mol. The highest BCUT2D eigenvalue weighted by atomic mass is 35.5. The molecule has 0 aliphatic heterocycles. The lowest BCUT2D eigenvalue weighted by Crippen LogP contribution is -2.29. The molecular formula is C10H12ClF4NO2. The molecule has 0 bridgehead atoms. The number of ether oxygens (including phenoxy) is 2. The summed E-state index contributed by atoms with van der Waals surface area (Å²) in [5.41, 5.74) is 4.24. The van der Waals surface area contributed by atoms with Crippen molar-refractivity contribution in [3.8, 4) is 11.5 Å². The lowest BCUT2D eigenvalue weighted by molar-refractivity contribution is -0.149. The van der Waals surface area contributed by atoms with E-state index in [0.29, 0.717) is 0 Å². The van der Waals surface area contributed by atoms with E-state index >= 15 is 0 Å². The van der Waals surface area contributed by atoms with Gasteiger partial charge in [0.2, 0.25) is 0 Å². The molecule has 0 spiro atoms. The number of halogens is 5. The third-order valence-electron chi connectivity index (χ3n) is 2.19. The molecule has 104 valence electrons. The molecule has 8 heteroatoms. The molecule has 0 aliphatic rings. The number of alkyl halides is 3. The van der Waals surface area contributed by atoms with Gasteiger partial charge in [0, 0.05) is 11.6 Å². The van der Waals surface area contributed by atoms with E-state index in [1.165, 1.54) is 14.2 Å². The third-order valence-corrected chi connectivity index (χ3v) is 2.19. The number of hydrogen-bond donors (Lipinski definition) is 1. The molecule has 0 saturated carbocycles. The highest BCUT2D eigenvalue weighted by molar-refractivity contribution is 5.85. The van der Waals surface area contributed by atoms with E-state index in [4.69, 9.17) is 15.2 Å². The monoisotopic (exact) mass is 289 g/mol. The van der Waals surface area contributed by atoms with Crippen LogP contribution in [0.5, 0.6) is 11.5 Å². The number of hydrogen-bond acceptors (Lipinski definition) is 3. The Morgan fingerprint density at radius 3 is 1.94 bits per heavy atom. The van der Waals surface area contributed by atoms with Gasteiger partial charge in [0.15, 0.2) is 11.5 Å². The van der Waals surface area contributed by atoms with E-state index in [1.807, 2.05) is 0 Å². The van der Waals surface area contributed by atoms with Gasteiger partial charge in [-0.15, -0.1) is 12.4 Å². The molecule has 0 amide bonds. The van der Waals surface area contributed by atoms with Gasteiger partial charge in [0.05, 0.1) is 14.2 Å². The van der Waals surface area contributed by atoms with Gasteiger partial charge < -0.3 is 15.2 Å². The van der Waals surface area contributed by atoms with Crippen molar-refractivity contribution in [1.82, 2.24) is 0 Å². The summed E-state index contributed by atoms with van der Waals surface area (Å²) in [5, 5.41) is 0. The first kappa shape index (κ1) is 16.8. The summed E-state index contributed by atoms with van der Waals surface area (Å²) in [4.78, 5) is 0. The molecule has 0 heterocycles. The van der Waals surface area contributed by atoms with E-state index in [2.05, 4.69) is 0 Å². The molecular weight excluding hydrogens is 278 g/mol. The van der Waals surface area contributed by atoms with Crippen molar-refractivity contribution in [3.05, 3.63) is 23.5 Å². The smallest absolute Gasteiger partial charge is 0.407 e. The summed E-state index contributed by atoms with van der Waals surface area (Å²) in [6, 6.07) is -0.714. The maximum absolute atomic E-state index is 13.4. The van der Waals surface area contributed by atoms with E-state index < -0.39 is 23.6 Å². The van der Waals surface area contributed by atoms with Crippen molar-refractivity contribution >= 4 is 12.4 Å². The number of nitrogens with two attached hydrogens (primary N) is 1. The predicted octanol–water partition coefficient (Wildman–Crippen LogP) is 2.83. The van der Waals surface area contributed by atoms with Crippen molar-refractivity contribution < 1.29 is 27.0 Å². The molecule has 0 unspecified atom stereocenters. The molecule has 0 fully saturated rings. The quantitative estimate of drug-likeness (QED) is 0.870. The molecule has 1 rings (SSSR count). The van der Waals surface area contributed by atoms with Crippen LogP contribution in [0.15, 0.2) is 12.1 Å². The highest BCUT2D eigenvalue weighted by Gasteiger charge is 2.39. The Labute approximate surface area is 107 Å². The number of benzene rings is 1. The van der Waals surface area contributed by atoms with Gasteiger partial charge in [0.1, 0.15) is 11.9 Å². The van der Waals surface area contributed by atoms with Gasteiger partial charge in [-0.05, 0) is 6.07 Å². The Kier molecular flexibility index (Phi) is 5.69. The Morgan fingerprint density at radius 2 is 1.56 bits per heavy atom. The summed E-state index contributed by atoms with van der Waals surface area (Å²) in [5.74, 6) is -1.10. The number of rotatable bonds is 3. The van der Waals surface area contributed by atoms with E-state index in [0.717, 1.165) is 12.1 Å². The van der Waals surface area contributed by atoms with Crippen molar-refractivity contribution in [3.63, 3.8) is 0 Å². The van der Waals surface area contributed by atoms with Gasteiger partial charge in [-0.1, -0.05) is 0 Å². The minimum atomic E-state index is -4.72. The molecule has 0 aromatic heterocycles. The first-order valence-corrected chi connectivity index (χ1v) is 4.55. The van der Waals surface area contributed by atoms with Crippen LogP contribution in [0.4, 0.5) is 17.6 Å². The van der Waals surface area contributed by atoms with E-state index in [9.17, 15) is 17.6 Å². The lowest BCUT2D eigenvalue weighted by Gasteiger charge is -2.18. The molecule has 1 aromatic rings. The minimum absolute atomic E-state index is 0. The first-order valence-electron chi connectivity index (χ1n) is 4.55. The first-order chi connectivity index (χ1) is 7.81. The fourth-order valence-corrected chi connectivity index (χ4v) is 1.28. The van der Waals surface area contributed by atoms with Gasteiger partial charge in [0.25, 0.3) is 0 Å². The van der Waals surface area contributed by atoms with Crippen LogP contribution in [-0.2, 0) is 0 Å². The largest absolute Gasteiger partial charge is 0.493 e. The highest BCUT2D eigenvalue weighted by Crippen LogP contribution is 2.37. The molecule has 0 radical (unpaired) electrons. The van der Waals surface area contributed by atoms with Crippen molar-refractivity contribution in [2.24, 2.45) is 5.73 Å². The zero-order valence-corrected chi connectivity index (χ0v) is 10.4. The van der Waals surface area contributed by atoms with Gasteiger partial charge in [-0.3, -0.25) is 0 Å². The maximum Gasteiger partial charge on any atom is 0.407 e. The van der Waals surface area contributed by atoms with E-state index in [-0.39, 0.29) is 23.9 Å². The van der Waals surface area contributed by atoms with Gasteiger partial charge in [-0.25, -0.2) is 4.39 Å². The van der Waals surface area contributed by atoms with Crippen LogP contribution in [0.1, 0.15) is 11.6 Å². The average molecular weight is 290 g/mol. The Bertz CT molecular complexity index is 412. The molecule has 3 nitrogen and oxygen atoms in total. The molecule has 1 aromatic carbocycles. The minimum Gasteiger partial charge on any atom is -0.493 e.